The summed E-state index contributed by atoms with van der Waals surface area (Å²) in [5.41, 5.74) is 0. The minimum Gasteiger partial charge on any atom is -0.388 e. The number of aliphatic hydroxyl groups is 1. The first-order valence-electron chi connectivity index (χ1n) is 4.76. The molecule has 0 unspecified atom stereocenters. The number of ether oxygens (including phenoxy) is 2. The Labute approximate surface area is 95.3 Å². The third kappa shape index (κ3) is 10.5. The van der Waals surface area contributed by atoms with E-state index >= 15 is 0 Å². The molecule has 0 aliphatic carbocycles. The molecule has 0 aromatic carbocycles. The van der Waals surface area contributed by atoms with Crippen molar-refractivity contribution in [2.24, 2.45) is 0 Å². The Morgan fingerprint density at radius 3 is 1.71 bits per heavy atom. The third-order valence-corrected chi connectivity index (χ3v) is 2.00. The lowest BCUT2D eigenvalue weighted by Gasteiger charge is -2.11. The summed E-state index contributed by atoms with van der Waals surface area (Å²) in [4.78, 5) is 0. The van der Waals surface area contributed by atoms with Crippen LogP contribution in [0.1, 0.15) is 12.8 Å². The number of aliphatic hydroxyl groups excluding tert-OH is 1. The van der Waals surface area contributed by atoms with Crippen LogP contribution in [-0.2, 0) is 9.47 Å². The molecule has 0 heterocycles. The molecule has 14 heavy (non-hydrogen) atoms. The largest absolute Gasteiger partial charge is 0.388 e. The van der Waals surface area contributed by atoms with Crippen molar-refractivity contribution >= 4 is 23.2 Å². The molecule has 1 N–H and O–H groups in total. The van der Waals surface area contributed by atoms with Crippen LogP contribution in [0, 0.1) is 0 Å². The summed E-state index contributed by atoms with van der Waals surface area (Å²) in [6, 6.07) is 0. The van der Waals surface area contributed by atoms with Gasteiger partial charge in [0.2, 0.25) is 0 Å². The van der Waals surface area contributed by atoms with E-state index in [2.05, 4.69) is 0 Å². The molecule has 0 saturated heterocycles. The van der Waals surface area contributed by atoms with Crippen molar-refractivity contribution in [2.75, 3.05) is 38.2 Å². The predicted octanol–water partition coefficient (Wildman–Crippen LogP) is 1.64. The van der Waals surface area contributed by atoms with Crippen molar-refractivity contribution in [1.29, 1.82) is 0 Å². The molecule has 3 nitrogen and oxygen atoms in total. The fourth-order valence-corrected chi connectivity index (χ4v) is 1.02. The Hall–Kier alpha value is 0.460. The molecule has 0 rings (SSSR count). The van der Waals surface area contributed by atoms with Crippen LogP contribution in [0.3, 0.4) is 0 Å². The molecular weight excluding hydrogens is 227 g/mol. The van der Waals surface area contributed by atoms with Gasteiger partial charge in [-0.25, -0.2) is 0 Å². The van der Waals surface area contributed by atoms with E-state index in [9.17, 15) is 5.11 Å². The average Bonchev–Trinajstić information content (AvgIpc) is 2.19. The Morgan fingerprint density at radius 2 is 1.36 bits per heavy atom. The zero-order chi connectivity index (χ0) is 10.6. The molecule has 86 valence electrons. The molecule has 0 aromatic heterocycles. The second-order valence-electron chi connectivity index (χ2n) is 2.89. The van der Waals surface area contributed by atoms with Gasteiger partial charge in [0.1, 0.15) is 6.10 Å². The molecule has 0 spiro atoms. The summed E-state index contributed by atoms with van der Waals surface area (Å²) in [6.45, 7) is 1.78. The monoisotopic (exact) mass is 244 g/mol. The van der Waals surface area contributed by atoms with Gasteiger partial charge in [-0.3, -0.25) is 0 Å². The highest BCUT2D eigenvalue weighted by Gasteiger charge is 2.03. The summed E-state index contributed by atoms with van der Waals surface area (Å²) < 4.78 is 10.3. The van der Waals surface area contributed by atoms with E-state index in [4.69, 9.17) is 32.7 Å². The Kier molecular flexibility index (Phi) is 11.9. The van der Waals surface area contributed by atoms with Crippen LogP contribution in [0.2, 0.25) is 0 Å². The minimum atomic E-state index is -0.555. The van der Waals surface area contributed by atoms with E-state index < -0.39 is 6.10 Å². The number of rotatable bonds is 10. The molecule has 0 amide bonds. The number of alkyl halides is 2. The van der Waals surface area contributed by atoms with Crippen LogP contribution in [-0.4, -0.2) is 49.4 Å². The lowest BCUT2D eigenvalue weighted by Crippen LogP contribution is -2.22. The van der Waals surface area contributed by atoms with Crippen LogP contribution < -0.4 is 0 Å². The topological polar surface area (TPSA) is 38.7 Å². The van der Waals surface area contributed by atoms with Crippen LogP contribution >= 0.6 is 23.2 Å². The second-order valence-corrected chi connectivity index (χ2v) is 3.64. The molecule has 0 saturated carbocycles. The SMILES string of the molecule is OC(COCCCCl)COCCCCl. The fraction of sp³-hybridized carbons (Fsp3) is 1.00. The van der Waals surface area contributed by atoms with E-state index in [0.29, 0.717) is 38.2 Å². The average molecular weight is 245 g/mol. The summed E-state index contributed by atoms with van der Waals surface area (Å²) >= 11 is 10.9. The molecule has 0 aliphatic rings. The first-order chi connectivity index (χ1) is 6.81. The molecular formula is C9H18Cl2O3. The first-order valence-corrected chi connectivity index (χ1v) is 5.83. The highest BCUT2D eigenvalue weighted by Crippen LogP contribution is 1.92. The van der Waals surface area contributed by atoms with Crippen LogP contribution in [0.15, 0.2) is 0 Å². The van der Waals surface area contributed by atoms with E-state index in [1.807, 2.05) is 0 Å². The Bertz CT molecular complexity index is 102. The standard InChI is InChI=1S/C9H18Cl2O3/c10-3-1-5-13-7-9(12)8-14-6-2-4-11/h9,12H,1-8H2. The predicted molar refractivity (Wildman–Crippen MR) is 58.3 cm³/mol. The van der Waals surface area contributed by atoms with E-state index in [-0.39, 0.29) is 0 Å². The van der Waals surface area contributed by atoms with Gasteiger partial charge >= 0.3 is 0 Å². The zero-order valence-corrected chi connectivity index (χ0v) is 9.77. The van der Waals surface area contributed by atoms with Gasteiger partial charge in [0.15, 0.2) is 0 Å². The maximum absolute atomic E-state index is 9.33. The summed E-state index contributed by atoms with van der Waals surface area (Å²) in [5.74, 6) is 1.17. The molecule has 0 bridgehead atoms. The van der Waals surface area contributed by atoms with E-state index in [1.54, 1.807) is 0 Å². The van der Waals surface area contributed by atoms with Gasteiger partial charge in [0.05, 0.1) is 13.2 Å². The number of hydrogen-bond donors (Lipinski definition) is 1. The van der Waals surface area contributed by atoms with Gasteiger partial charge in [0.25, 0.3) is 0 Å². The normalized spacial score (nSPS) is 11.1. The number of hydrogen-bond acceptors (Lipinski definition) is 3. The van der Waals surface area contributed by atoms with Gasteiger partial charge < -0.3 is 14.6 Å². The highest BCUT2D eigenvalue weighted by atomic mass is 35.5. The van der Waals surface area contributed by atoms with Crippen LogP contribution in [0.25, 0.3) is 0 Å². The van der Waals surface area contributed by atoms with Crippen molar-refractivity contribution in [1.82, 2.24) is 0 Å². The third-order valence-electron chi connectivity index (χ3n) is 1.47. The molecule has 0 aromatic rings. The Balaban J connectivity index is 3.07. The van der Waals surface area contributed by atoms with Crippen LogP contribution in [0.4, 0.5) is 0 Å². The highest BCUT2D eigenvalue weighted by molar-refractivity contribution is 6.18. The molecule has 0 radical (unpaired) electrons. The van der Waals surface area contributed by atoms with Crippen molar-refractivity contribution in [2.45, 2.75) is 18.9 Å². The van der Waals surface area contributed by atoms with Gasteiger partial charge in [0, 0.05) is 25.0 Å². The van der Waals surface area contributed by atoms with Crippen molar-refractivity contribution in [3.05, 3.63) is 0 Å². The molecule has 0 aliphatic heterocycles. The van der Waals surface area contributed by atoms with Gasteiger partial charge in [-0.15, -0.1) is 23.2 Å². The molecule has 0 fully saturated rings. The van der Waals surface area contributed by atoms with Crippen molar-refractivity contribution < 1.29 is 14.6 Å². The van der Waals surface area contributed by atoms with E-state index in [1.165, 1.54) is 0 Å². The minimum absolute atomic E-state index is 0.303. The first kappa shape index (κ1) is 14.5. The van der Waals surface area contributed by atoms with Crippen molar-refractivity contribution in [3.8, 4) is 0 Å². The summed E-state index contributed by atoms with van der Waals surface area (Å²) in [6.07, 6.45) is 1.06. The lowest BCUT2D eigenvalue weighted by atomic mass is 10.4. The molecule has 5 heteroatoms. The Morgan fingerprint density at radius 1 is 0.929 bits per heavy atom. The smallest absolute Gasteiger partial charge is 0.101 e. The van der Waals surface area contributed by atoms with E-state index in [0.717, 1.165) is 12.8 Å². The molecule has 0 atom stereocenters. The maximum atomic E-state index is 9.33. The van der Waals surface area contributed by atoms with Gasteiger partial charge in [-0.1, -0.05) is 0 Å². The zero-order valence-electron chi connectivity index (χ0n) is 8.25. The van der Waals surface area contributed by atoms with Gasteiger partial charge in [-0.2, -0.15) is 0 Å². The maximum Gasteiger partial charge on any atom is 0.101 e. The van der Waals surface area contributed by atoms with Crippen molar-refractivity contribution in [3.63, 3.8) is 0 Å². The quantitative estimate of drug-likeness (QED) is 0.469. The summed E-state index contributed by atoms with van der Waals surface area (Å²) in [7, 11) is 0. The summed E-state index contributed by atoms with van der Waals surface area (Å²) in [5, 5.41) is 9.33. The van der Waals surface area contributed by atoms with Crippen LogP contribution in [0.5, 0.6) is 0 Å². The fourth-order valence-electron chi connectivity index (χ4n) is 0.800. The second kappa shape index (κ2) is 11.5. The van der Waals surface area contributed by atoms with Gasteiger partial charge in [-0.05, 0) is 12.8 Å². The number of halogens is 2. The lowest BCUT2D eigenvalue weighted by molar-refractivity contribution is -0.0182.